The lowest BCUT2D eigenvalue weighted by Gasteiger charge is -2.25. The van der Waals surface area contributed by atoms with Crippen LogP contribution < -0.4 is 4.74 Å². The summed E-state index contributed by atoms with van der Waals surface area (Å²) in [5.41, 5.74) is -0.00821. The molecule has 1 rings (SSSR count). The molecule has 0 atom stereocenters. The molecule has 1 N–H and O–H groups in total. The first-order valence-electron chi connectivity index (χ1n) is 5.07. The molecule has 88 valence electrons. The molecular weight excluding hydrogens is 272 g/mol. The summed E-state index contributed by atoms with van der Waals surface area (Å²) in [5.74, 6) is -0.281. The quantitative estimate of drug-likeness (QED) is 0.918. The van der Waals surface area contributed by atoms with E-state index in [0.717, 1.165) is 6.42 Å². The molecule has 3 nitrogen and oxygen atoms in total. The number of benzene rings is 1. The molecule has 0 heterocycles. The van der Waals surface area contributed by atoms with Gasteiger partial charge < -0.3 is 9.84 Å². The number of aromatic carboxylic acids is 1. The second kappa shape index (κ2) is 4.87. The molecule has 16 heavy (non-hydrogen) atoms. The van der Waals surface area contributed by atoms with Gasteiger partial charge in [0, 0.05) is 4.47 Å². The van der Waals surface area contributed by atoms with E-state index in [1.54, 1.807) is 12.1 Å². The first-order chi connectivity index (χ1) is 7.35. The summed E-state index contributed by atoms with van der Waals surface area (Å²) in [7, 11) is 0. The van der Waals surface area contributed by atoms with E-state index >= 15 is 0 Å². The van der Waals surface area contributed by atoms with Crippen molar-refractivity contribution in [1.29, 1.82) is 0 Å². The van der Waals surface area contributed by atoms with Crippen molar-refractivity contribution in [2.24, 2.45) is 0 Å². The number of halogens is 1. The molecule has 1 aromatic rings. The molecule has 0 fully saturated rings. The number of carboxylic acids is 1. The van der Waals surface area contributed by atoms with Gasteiger partial charge in [-0.15, -0.1) is 0 Å². The van der Waals surface area contributed by atoms with E-state index in [2.05, 4.69) is 15.9 Å². The highest BCUT2D eigenvalue weighted by atomic mass is 79.9. The van der Waals surface area contributed by atoms with Gasteiger partial charge in [0.15, 0.2) is 0 Å². The zero-order valence-corrected chi connectivity index (χ0v) is 11.2. The van der Waals surface area contributed by atoms with Crippen LogP contribution in [0.1, 0.15) is 37.6 Å². The van der Waals surface area contributed by atoms with Crippen molar-refractivity contribution in [2.75, 3.05) is 0 Å². The molecule has 0 bridgehead atoms. The molecule has 1 aromatic carbocycles. The average molecular weight is 287 g/mol. The van der Waals surface area contributed by atoms with Gasteiger partial charge in [0.05, 0.1) is 5.56 Å². The minimum absolute atomic E-state index is 0.238. The number of hydrogen-bond donors (Lipinski definition) is 1. The summed E-state index contributed by atoms with van der Waals surface area (Å²) in [5, 5.41) is 8.86. The molecule has 0 aromatic heterocycles. The van der Waals surface area contributed by atoms with Gasteiger partial charge in [-0.3, -0.25) is 0 Å². The van der Waals surface area contributed by atoms with Crippen LogP contribution in [0, 0.1) is 0 Å². The monoisotopic (exact) mass is 286 g/mol. The van der Waals surface area contributed by atoms with Gasteiger partial charge in [-0.25, -0.2) is 4.79 Å². The van der Waals surface area contributed by atoms with Crippen LogP contribution in [0.25, 0.3) is 0 Å². The lowest BCUT2D eigenvalue weighted by atomic mass is 10.1. The standard InChI is InChI=1S/C12H15BrO3/c1-4-12(2,3)16-8-5-6-9(11(14)15)10(13)7-8/h5-7H,4H2,1-3H3,(H,14,15). The van der Waals surface area contributed by atoms with E-state index in [9.17, 15) is 4.79 Å². The number of carboxylic acid groups (broad SMARTS) is 1. The fourth-order valence-corrected chi connectivity index (χ4v) is 1.65. The van der Waals surface area contributed by atoms with Crippen LogP contribution in [0.2, 0.25) is 0 Å². The molecule has 0 amide bonds. The Morgan fingerprint density at radius 2 is 2.12 bits per heavy atom. The highest BCUT2D eigenvalue weighted by molar-refractivity contribution is 9.10. The Labute approximate surface area is 104 Å². The fraction of sp³-hybridized carbons (Fsp3) is 0.417. The second-order valence-electron chi connectivity index (χ2n) is 4.16. The molecular formula is C12H15BrO3. The van der Waals surface area contributed by atoms with Crippen LogP contribution in [-0.2, 0) is 0 Å². The maximum Gasteiger partial charge on any atom is 0.336 e. The maximum absolute atomic E-state index is 10.8. The topological polar surface area (TPSA) is 46.5 Å². The summed E-state index contributed by atoms with van der Waals surface area (Å²) < 4.78 is 6.28. The molecule has 0 aliphatic rings. The van der Waals surface area contributed by atoms with Crippen LogP contribution in [0.5, 0.6) is 5.75 Å². The summed E-state index contributed by atoms with van der Waals surface area (Å²) in [6, 6.07) is 4.89. The van der Waals surface area contributed by atoms with E-state index < -0.39 is 5.97 Å². The number of carbonyl (C=O) groups is 1. The van der Waals surface area contributed by atoms with Crippen molar-refractivity contribution in [3.8, 4) is 5.75 Å². The number of rotatable bonds is 4. The first kappa shape index (κ1) is 13.0. The largest absolute Gasteiger partial charge is 0.488 e. The van der Waals surface area contributed by atoms with E-state index in [1.807, 2.05) is 20.8 Å². The SMILES string of the molecule is CCC(C)(C)Oc1ccc(C(=O)O)c(Br)c1. The molecule has 0 aliphatic heterocycles. The third-order valence-electron chi connectivity index (χ3n) is 2.42. The van der Waals surface area contributed by atoms with Gasteiger partial charge in [-0.1, -0.05) is 6.92 Å². The van der Waals surface area contributed by atoms with Gasteiger partial charge in [0.1, 0.15) is 11.4 Å². The van der Waals surface area contributed by atoms with E-state index in [0.29, 0.717) is 10.2 Å². The predicted molar refractivity (Wildman–Crippen MR) is 66.1 cm³/mol. The van der Waals surface area contributed by atoms with Crippen molar-refractivity contribution in [3.63, 3.8) is 0 Å². The van der Waals surface area contributed by atoms with Crippen LogP contribution in [0.15, 0.2) is 22.7 Å². The van der Waals surface area contributed by atoms with Crippen molar-refractivity contribution < 1.29 is 14.6 Å². The van der Waals surface area contributed by atoms with Crippen molar-refractivity contribution in [2.45, 2.75) is 32.8 Å². The van der Waals surface area contributed by atoms with E-state index in [4.69, 9.17) is 9.84 Å². The lowest BCUT2D eigenvalue weighted by Crippen LogP contribution is -2.26. The van der Waals surface area contributed by atoms with E-state index in [-0.39, 0.29) is 11.2 Å². The zero-order chi connectivity index (χ0) is 12.3. The summed E-state index contributed by atoms with van der Waals surface area (Å²) in [6.45, 7) is 6.03. The van der Waals surface area contributed by atoms with Crippen molar-refractivity contribution in [1.82, 2.24) is 0 Å². The minimum atomic E-state index is -0.951. The third-order valence-corrected chi connectivity index (χ3v) is 3.07. The van der Waals surface area contributed by atoms with Gasteiger partial charge in [-0.2, -0.15) is 0 Å². The van der Waals surface area contributed by atoms with Crippen molar-refractivity contribution in [3.05, 3.63) is 28.2 Å². The molecule has 0 aliphatic carbocycles. The number of ether oxygens (including phenoxy) is 1. The molecule has 0 radical (unpaired) electrons. The summed E-state index contributed by atoms with van der Waals surface area (Å²) in [6.07, 6.45) is 0.880. The van der Waals surface area contributed by atoms with Crippen LogP contribution in [0.4, 0.5) is 0 Å². The van der Waals surface area contributed by atoms with Gasteiger partial charge in [0.25, 0.3) is 0 Å². The molecule has 0 saturated heterocycles. The van der Waals surface area contributed by atoms with Gasteiger partial charge in [0.2, 0.25) is 0 Å². The van der Waals surface area contributed by atoms with Crippen LogP contribution in [-0.4, -0.2) is 16.7 Å². The lowest BCUT2D eigenvalue weighted by molar-refractivity contribution is 0.0695. The van der Waals surface area contributed by atoms with Gasteiger partial charge in [-0.05, 0) is 54.4 Å². The Kier molecular flexibility index (Phi) is 3.97. The Bertz CT molecular complexity index is 399. The Morgan fingerprint density at radius 3 is 2.56 bits per heavy atom. The normalized spacial score (nSPS) is 11.2. The van der Waals surface area contributed by atoms with Crippen molar-refractivity contribution >= 4 is 21.9 Å². The molecule has 0 saturated carbocycles. The minimum Gasteiger partial charge on any atom is -0.488 e. The highest BCUT2D eigenvalue weighted by Crippen LogP contribution is 2.26. The number of hydrogen-bond acceptors (Lipinski definition) is 2. The van der Waals surface area contributed by atoms with Crippen LogP contribution >= 0.6 is 15.9 Å². The molecule has 4 heteroatoms. The zero-order valence-electron chi connectivity index (χ0n) is 9.58. The van der Waals surface area contributed by atoms with Crippen LogP contribution in [0.3, 0.4) is 0 Å². The summed E-state index contributed by atoms with van der Waals surface area (Å²) >= 11 is 3.22. The summed E-state index contributed by atoms with van der Waals surface area (Å²) in [4.78, 5) is 10.8. The highest BCUT2D eigenvalue weighted by Gasteiger charge is 2.18. The average Bonchev–Trinajstić information content (AvgIpc) is 2.16. The molecule has 0 unspecified atom stereocenters. The molecule has 0 spiro atoms. The Hall–Kier alpha value is -1.03. The fourth-order valence-electron chi connectivity index (χ4n) is 1.12. The Morgan fingerprint density at radius 1 is 1.50 bits per heavy atom. The second-order valence-corrected chi connectivity index (χ2v) is 5.02. The van der Waals surface area contributed by atoms with Gasteiger partial charge >= 0.3 is 5.97 Å². The maximum atomic E-state index is 10.8. The van der Waals surface area contributed by atoms with E-state index in [1.165, 1.54) is 6.07 Å². The first-order valence-corrected chi connectivity index (χ1v) is 5.87. The third kappa shape index (κ3) is 3.23. The smallest absolute Gasteiger partial charge is 0.336 e. The Balaban J connectivity index is 2.94. The predicted octanol–water partition coefficient (Wildman–Crippen LogP) is 3.71.